The van der Waals surface area contributed by atoms with Crippen LogP contribution in [0, 0.1) is 0 Å². The normalized spacial score (nSPS) is 16.7. The predicted octanol–water partition coefficient (Wildman–Crippen LogP) is 4.08. The Kier molecular flexibility index (Phi) is 4.74. The van der Waals surface area contributed by atoms with Gasteiger partial charge in [0, 0.05) is 5.54 Å². The summed E-state index contributed by atoms with van der Waals surface area (Å²) < 4.78 is 0. The van der Waals surface area contributed by atoms with Gasteiger partial charge >= 0.3 is 0 Å². The summed E-state index contributed by atoms with van der Waals surface area (Å²) in [6, 6.07) is 22.5. The Morgan fingerprint density at radius 2 is 1.22 bits per heavy atom. The minimum absolute atomic E-state index is 0.112. The van der Waals surface area contributed by atoms with Crippen molar-refractivity contribution >= 4 is 18.6 Å². The third kappa shape index (κ3) is 3.43. The summed E-state index contributed by atoms with van der Waals surface area (Å²) >= 11 is 0. The monoisotopic (exact) mass is 323 g/mol. The molecule has 0 amide bonds. The molecule has 0 atom stereocenters. The fourth-order valence-corrected chi connectivity index (χ4v) is 9.90. The van der Waals surface area contributed by atoms with Crippen LogP contribution in [0.3, 0.4) is 0 Å². The molecule has 2 aromatic carbocycles. The third-order valence-corrected chi connectivity index (χ3v) is 10.4. The van der Waals surface area contributed by atoms with Gasteiger partial charge in [0.1, 0.15) is 0 Å². The summed E-state index contributed by atoms with van der Waals surface area (Å²) in [7, 11) is -2.00. The van der Waals surface area contributed by atoms with Gasteiger partial charge < -0.3 is 4.98 Å². The average Bonchev–Trinajstić information content (AvgIpc) is 3.08. The Balaban J connectivity index is 2.20. The van der Waals surface area contributed by atoms with E-state index in [0.29, 0.717) is 0 Å². The van der Waals surface area contributed by atoms with E-state index >= 15 is 0 Å². The summed E-state index contributed by atoms with van der Waals surface area (Å²) in [4.78, 5) is 4.18. The second kappa shape index (κ2) is 6.62. The van der Waals surface area contributed by atoms with Crippen molar-refractivity contribution in [3.63, 3.8) is 0 Å². The molecule has 0 bridgehead atoms. The van der Waals surface area contributed by atoms with Crippen molar-refractivity contribution in [2.75, 3.05) is 0 Å². The van der Waals surface area contributed by atoms with E-state index in [1.54, 1.807) is 0 Å². The van der Waals surface area contributed by atoms with Crippen molar-refractivity contribution in [1.29, 1.82) is 0 Å². The fourth-order valence-electron chi connectivity index (χ4n) is 4.24. The molecule has 2 heteroatoms. The van der Waals surface area contributed by atoms with E-state index in [-0.39, 0.29) is 5.54 Å². The zero-order valence-electron chi connectivity index (χ0n) is 14.7. The Labute approximate surface area is 142 Å². The summed E-state index contributed by atoms with van der Waals surface area (Å²) in [6.07, 6.45) is 5.48. The summed E-state index contributed by atoms with van der Waals surface area (Å²) in [5.41, 5.74) is 0.895. The maximum Gasteiger partial charge on any atom is 0.193 e. The topological polar surface area (TPSA) is 12.0 Å². The lowest BCUT2D eigenvalue weighted by Crippen LogP contribution is -2.74. The van der Waals surface area contributed by atoms with E-state index in [1.165, 1.54) is 36.1 Å². The highest BCUT2D eigenvalue weighted by atomic mass is 28.3. The molecule has 0 saturated heterocycles. The molecule has 23 heavy (non-hydrogen) atoms. The molecule has 0 aromatic heterocycles. The zero-order chi connectivity index (χ0) is 16.3. The quantitative estimate of drug-likeness (QED) is 0.836. The number of hydrogen-bond acceptors (Lipinski definition) is 1. The van der Waals surface area contributed by atoms with Crippen LogP contribution in [0.15, 0.2) is 60.7 Å². The number of nitrogens with one attached hydrogen (secondary N) is 1. The first-order chi connectivity index (χ1) is 11.0. The molecule has 3 rings (SSSR count). The zero-order valence-corrected chi connectivity index (χ0v) is 15.7. The lowest BCUT2D eigenvalue weighted by Gasteiger charge is -2.44. The summed E-state index contributed by atoms with van der Waals surface area (Å²) in [6.45, 7) is 6.95. The highest BCUT2D eigenvalue weighted by Gasteiger charge is 2.47. The minimum atomic E-state index is -2.00. The first-order valence-corrected chi connectivity index (χ1v) is 11.0. The average molecular weight is 324 g/mol. The molecule has 1 aliphatic rings. The Morgan fingerprint density at radius 3 is 1.61 bits per heavy atom. The minimum Gasteiger partial charge on any atom is -0.325 e. The molecule has 1 saturated carbocycles. The van der Waals surface area contributed by atoms with Gasteiger partial charge in [0.25, 0.3) is 0 Å². The van der Waals surface area contributed by atoms with Crippen LogP contribution in [0.2, 0.25) is 5.54 Å². The van der Waals surface area contributed by atoms with Crippen LogP contribution in [-0.4, -0.2) is 13.8 Å². The molecule has 0 unspecified atom stereocenters. The van der Waals surface area contributed by atoms with Crippen LogP contribution >= 0.6 is 0 Å². The first kappa shape index (κ1) is 16.5. The Morgan fingerprint density at radius 1 is 0.783 bits per heavy atom. The van der Waals surface area contributed by atoms with E-state index in [4.69, 9.17) is 0 Å². The lowest BCUT2D eigenvalue weighted by atomic mass is 10.1. The molecule has 0 heterocycles. The van der Waals surface area contributed by atoms with Crippen LogP contribution in [-0.2, 0) is 0 Å². The highest BCUT2D eigenvalue weighted by Crippen LogP contribution is 2.38. The molecule has 1 aliphatic carbocycles. The van der Waals surface area contributed by atoms with Gasteiger partial charge in [0.05, 0.1) is 0 Å². The molecule has 0 spiro atoms. The second-order valence-corrected chi connectivity index (χ2v) is 11.7. The summed E-state index contributed by atoms with van der Waals surface area (Å²) in [5.74, 6) is 0. The smallest absolute Gasteiger partial charge is 0.193 e. The van der Waals surface area contributed by atoms with Gasteiger partial charge in [0.2, 0.25) is 0 Å². The molecule has 1 fully saturated rings. The van der Waals surface area contributed by atoms with Crippen LogP contribution in [0.4, 0.5) is 0 Å². The van der Waals surface area contributed by atoms with Gasteiger partial charge in [-0.1, -0.05) is 86.3 Å². The van der Waals surface area contributed by atoms with Crippen molar-refractivity contribution in [3.05, 3.63) is 60.7 Å². The SMILES string of the molecule is CC(C)(C)N[Si](c1ccccc1)(c1ccccc1)C1CCCC1. The van der Waals surface area contributed by atoms with Gasteiger partial charge in [-0.15, -0.1) is 0 Å². The number of rotatable bonds is 4. The van der Waals surface area contributed by atoms with E-state index in [9.17, 15) is 0 Å². The molecule has 1 nitrogen and oxygen atoms in total. The van der Waals surface area contributed by atoms with Crippen LogP contribution < -0.4 is 15.4 Å². The maximum absolute atomic E-state index is 4.18. The molecule has 0 aliphatic heterocycles. The van der Waals surface area contributed by atoms with Crippen molar-refractivity contribution in [2.24, 2.45) is 0 Å². The standard InChI is InChI=1S/C21H29NSi/c1-21(2,3)22-23(20-16-10-11-17-20,18-12-6-4-7-13-18)19-14-8-5-9-15-19/h4-9,12-15,20,22H,10-11,16-17H2,1-3H3. The molecule has 0 radical (unpaired) electrons. The maximum atomic E-state index is 4.18. The van der Waals surface area contributed by atoms with Crippen LogP contribution in [0.5, 0.6) is 0 Å². The molecule has 122 valence electrons. The van der Waals surface area contributed by atoms with Gasteiger partial charge in [0.15, 0.2) is 8.24 Å². The highest BCUT2D eigenvalue weighted by molar-refractivity contribution is 7.01. The van der Waals surface area contributed by atoms with E-state index in [0.717, 1.165) is 5.54 Å². The van der Waals surface area contributed by atoms with Crippen molar-refractivity contribution in [3.8, 4) is 0 Å². The van der Waals surface area contributed by atoms with Gasteiger partial charge in [-0.05, 0) is 36.7 Å². The first-order valence-electron chi connectivity index (χ1n) is 8.93. The third-order valence-electron chi connectivity index (χ3n) is 5.00. The van der Waals surface area contributed by atoms with E-state index in [2.05, 4.69) is 86.4 Å². The molecule has 2 aromatic rings. The Bertz CT molecular complexity index is 570. The van der Waals surface area contributed by atoms with Gasteiger partial charge in [-0.2, -0.15) is 0 Å². The van der Waals surface area contributed by atoms with E-state index in [1.807, 2.05) is 0 Å². The second-order valence-electron chi connectivity index (χ2n) is 7.90. The van der Waals surface area contributed by atoms with Gasteiger partial charge in [-0.3, -0.25) is 0 Å². The molecular formula is C21H29NSi. The number of hydrogen-bond donors (Lipinski definition) is 1. The van der Waals surface area contributed by atoms with Crippen molar-refractivity contribution < 1.29 is 0 Å². The Hall–Kier alpha value is -1.38. The number of benzene rings is 2. The van der Waals surface area contributed by atoms with Crippen molar-refractivity contribution in [2.45, 2.75) is 57.5 Å². The van der Waals surface area contributed by atoms with E-state index < -0.39 is 8.24 Å². The molecular weight excluding hydrogens is 294 g/mol. The summed E-state index contributed by atoms with van der Waals surface area (Å²) in [5, 5.41) is 3.07. The van der Waals surface area contributed by atoms with Crippen LogP contribution in [0.25, 0.3) is 0 Å². The van der Waals surface area contributed by atoms with Crippen molar-refractivity contribution in [1.82, 2.24) is 4.98 Å². The fraction of sp³-hybridized carbons (Fsp3) is 0.429. The predicted molar refractivity (Wildman–Crippen MR) is 103 cm³/mol. The van der Waals surface area contributed by atoms with Crippen LogP contribution in [0.1, 0.15) is 46.5 Å². The van der Waals surface area contributed by atoms with Gasteiger partial charge in [-0.25, -0.2) is 0 Å². The largest absolute Gasteiger partial charge is 0.325 e. The lowest BCUT2D eigenvalue weighted by molar-refractivity contribution is 0.508. The molecule has 1 N–H and O–H groups in total.